The zero-order valence-electron chi connectivity index (χ0n) is 7.86. The van der Waals surface area contributed by atoms with Gasteiger partial charge < -0.3 is 10.1 Å². The standard InChI is InChI=1S/C11H12N2O/c12-6-11(8-14-9-11)7-13-10-4-2-1-3-5-10/h1-5,13H,7-9H2. The van der Waals surface area contributed by atoms with Crippen molar-refractivity contribution in [1.82, 2.24) is 0 Å². The van der Waals surface area contributed by atoms with Crippen molar-refractivity contribution in [3.8, 4) is 6.07 Å². The van der Waals surface area contributed by atoms with Crippen molar-refractivity contribution in [1.29, 1.82) is 5.26 Å². The third-order valence-corrected chi connectivity index (χ3v) is 2.40. The van der Waals surface area contributed by atoms with Crippen molar-refractivity contribution < 1.29 is 4.74 Å². The predicted molar refractivity (Wildman–Crippen MR) is 53.8 cm³/mol. The summed E-state index contributed by atoms with van der Waals surface area (Å²) < 4.78 is 5.06. The number of nitrogens with zero attached hydrogens (tertiary/aromatic N) is 1. The predicted octanol–water partition coefficient (Wildman–Crippen LogP) is 1.64. The van der Waals surface area contributed by atoms with E-state index < -0.39 is 0 Å². The first-order chi connectivity index (χ1) is 6.85. The summed E-state index contributed by atoms with van der Waals surface area (Å²) in [6.07, 6.45) is 0. The first-order valence-electron chi connectivity index (χ1n) is 4.63. The molecule has 1 aromatic carbocycles. The Kier molecular flexibility index (Phi) is 2.38. The Balaban J connectivity index is 1.92. The van der Waals surface area contributed by atoms with Gasteiger partial charge in [0.25, 0.3) is 0 Å². The lowest BCUT2D eigenvalue weighted by atomic mass is 9.88. The third kappa shape index (κ3) is 1.70. The number of rotatable bonds is 3. The van der Waals surface area contributed by atoms with Gasteiger partial charge in [0.2, 0.25) is 0 Å². The van der Waals surface area contributed by atoms with Crippen LogP contribution in [-0.2, 0) is 4.74 Å². The lowest BCUT2D eigenvalue weighted by Gasteiger charge is -2.35. The zero-order chi connectivity index (χ0) is 9.86. The molecule has 0 aliphatic carbocycles. The Hall–Kier alpha value is -1.53. The summed E-state index contributed by atoms with van der Waals surface area (Å²) in [6.45, 7) is 1.75. The first-order valence-corrected chi connectivity index (χ1v) is 4.63. The number of nitrogens with one attached hydrogen (secondary N) is 1. The summed E-state index contributed by atoms with van der Waals surface area (Å²) in [5.74, 6) is 0. The molecule has 0 spiro atoms. The van der Waals surface area contributed by atoms with E-state index in [2.05, 4.69) is 11.4 Å². The van der Waals surface area contributed by atoms with Gasteiger partial charge in [-0.15, -0.1) is 0 Å². The van der Waals surface area contributed by atoms with Crippen LogP contribution in [0.5, 0.6) is 0 Å². The second-order valence-corrected chi connectivity index (χ2v) is 3.60. The Morgan fingerprint density at radius 3 is 2.57 bits per heavy atom. The van der Waals surface area contributed by atoms with Gasteiger partial charge in [-0.3, -0.25) is 0 Å². The van der Waals surface area contributed by atoms with Crippen molar-refractivity contribution in [3.63, 3.8) is 0 Å². The molecule has 1 aliphatic rings. The van der Waals surface area contributed by atoms with Gasteiger partial charge >= 0.3 is 0 Å². The summed E-state index contributed by atoms with van der Waals surface area (Å²) >= 11 is 0. The number of ether oxygens (including phenoxy) is 1. The highest BCUT2D eigenvalue weighted by Crippen LogP contribution is 2.26. The van der Waals surface area contributed by atoms with E-state index in [1.807, 2.05) is 30.3 Å². The molecule has 1 saturated heterocycles. The second kappa shape index (κ2) is 3.69. The van der Waals surface area contributed by atoms with E-state index in [-0.39, 0.29) is 5.41 Å². The summed E-state index contributed by atoms with van der Waals surface area (Å²) in [5.41, 5.74) is 0.740. The van der Waals surface area contributed by atoms with E-state index in [0.717, 1.165) is 5.69 Å². The average Bonchev–Trinajstić information content (AvgIpc) is 2.19. The molecule has 1 aliphatic heterocycles. The van der Waals surface area contributed by atoms with Crippen LogP contribution in [0.1, 0.15) is 0 Å². The molecule has 0 bridgehead atoms. The first kappa shape index (κ1) is 9.04. The molecule has 1 heterocycles. The largest absolute Gasteiger partial charge is 0.383 e. The van der Waals surface area contributed by atoms with Crippen LogP contribution in [0.2, 0.25) is 0 Å². The lowest BCUT2D eigenvalue weighted by Crippen LogP contribution is -2.46. The maximum absolute atomic E-state index is 8.94. The van der Waals surface area contributed by atoms with Crippen LogP contribution in [-0.4, -0.2) is 19.8 Å². The van der Waals surface area contributed by atoms with Gasteiger partial charge in [0.15, 0.2) is 0 Å². The molecule has 1 aromatic rings. The molecule has 0 atom stereocenters. The highest BCUT2D eigenvalue weighted by molar-refractivity contribution is 5.43. The number of para-hydroxylation sites is 1. The van der Waals surface area contributed by atoms with Crippen LogP contribution in [0.3, 0.4) is 0 Å². The van der Waals surface area contributed by atoms with Crippen LogP contribution in [0, 0.1) is 16.7 Å². The fourth-order valence-corrected chi connectivity index (χ4v) is 1.38. The van der Waals surface area contributed by atoms with Crippen molar-refractivity contribution in [3.05, 3.63) is 30.3 Å². The van der Waals surface area contributed by atoms with Crippen LogP contribution in [0.25, 0.3) is 0 Å². The van der Waals surface area contributed by atoms with Gasteiger partial charge in [0.1, 0.15) is 5.41 Å². The Morgan fingerprint density at radius 2 is 2.07 bits per heavy atom. The van der Waals surface area contributed by atoms with Crippen molar-refractivity contribution in [2.75, 3.05) is 25.1 Å². The molecule has 0 radical (unpaired) electrons. The highest BCUT2D eigenvalue weighted by atomic mass is 16.5. The summed E-state index contributed by atoms with van der Waals surface area (Å²) in [4.78, 5) is 0. The molecule has 0 aromatic heterocycles. The fourth-order valence-electron chi connectivity index (χ4n) is 1.38. The molecular weight excluding hydrogens is 176 g/mol. The normalized spacial score (nSPS) is 17.9. The quantitative estimate of drug-likeness (QED) is 0.784. The number of hydrogen-bond acceptors (Lipinski definition) is 3. The zero-order valence-corrected chi connectivity index (χ0v) is 7.86. The maximum Gasteiger partial charge on any atom is 0.121 e. The average molecular weight is 188 g/mol. The second-order valence-electron chi connectivity index (χ2n) is 3.60. The van der Waals surface area contributed by atoms with Crippen LogP contribution in [0.15, 0.2) is 30.3 Å². The monoisotopic (exact) mass is 188 g/mol. The van der Waals surface area contributed by atoms with Crippen molar-refractivity contribution in [2.45, 2.75) is 0 Å². The third-order valence-electron chi connectivity index (χ3n) is 2.40. The van der Waals surface area contributed by atoms with Crippen LogP contribution in [0.4, 0.5) is 5.69 Å². The van der Waals surface area contributed by atoms with E-state index in [4.69, 9.17) is 10.00 Å². The Labute approximate surface area is 83.3 Å². The fraction of sp³-hybridized carbons (Fsp3) is 0.364. The number of nitriles is 1. The number of benzene rings is 1. The minimum atomic E-state index is -0.310. The van der Waals surface area contributed by atoms with Crippen molar-refractivity contribution >= 4 is 5.69 Å². The van der Waals surface area contributed by atoms with E-state index in [1.165, 1.54) is 0 Å². The topological polar surface area (TPSA) is 45.0 Å². The minimum absolute atomic E-state index is 0.310. The van der Waals surface area contributed by atoms with Gasteiger partial charge in [-0.25, -0.2) is 0 Å². The Bertz CT molecular complexity index is 338. The number of hydrogen-bond donors (Lipinski definition) is 1. The molecule has 3 nitrogen and oxygen atoms in total. The minimum Gasteiger partial charge on any atom is -0.383 e. The van der Waals surface area contributed by atoms with Crippen molar-refractivity contribution in [2.24, 2.45) is 5.41 Å². The van der Waals surface area contributed by atoms with E-state index >= 15 is 0 Å². The smallest absolute Gasteiger partial charge is 0.121 e. The number of anilines is 1. The van der Waals surface area contributed by atoms with Crippen LogP contribution < -0.4 is 5.32 Å². The lowest BCUT2D eigenvalue weighted by molar-refractivity contribution is -0.0690. The molecule has 3 heteroatoms. The highest BCUT2D eigenvalue weighted by Gasteiger charge is 2.38. The summed E-state index contributed by atoms with van der Waals surface area (Å²) in [7, 11) is 0. The molecule has 2 rings (SSSR count). The maximum atomic E-state index is 8.94. The molecular formula is C11H12N2O. The van der Waals surface area contributed by atoms with Crippen LogP contribution >= 0.6 is 0 Å². The molecule has 0 unspecified atom stereocenters. The molecule has 14 heavy (non-hydrogen) atoms. The summed E-state index contributed by atoms with van der Waals surface area (Å²) in [6, 6.07) is 12.2. The molecule has 0 saturated carbocycles. The van der Waals surface area contributed by atoms with Gasteiger partial charge in [0.05, 0.1) is 19.3 Å². The van der Waals surface area contributed by atoms with E-state index in [1.54, 1.807) is 0 Å². The molecule has 1 fully saturated rings. The molecule has 1 N–H and O–H groups in total. The molecule has 72 valence electrons. The van der Waals surface area contributed by atoms with Gasteiger partial charge in [0, 0.05) is 12.2 Å². The van der Waals surface area contributed by atoms with Gasteiger partial charge in [-0.05, 0) is 12.1 Å². The van der Waals surface area contributed by atoms with Gasteiger partial charge in [-0.1, -0.05) is 18.2 Å². The van der Waals surface area contributed by atoms with E-state index in [9.17, 15) is 0 Å². The summed E-state index contributed by atoms with van der Waals surface area (Å²) in [5, 5.41) is 12.2. The Morgan fingerprint density at radius 1 is 1.36 bits per heavy atom. The molecule has 0 amide bonds. The van der Waals surface area contributed by atoms with Gasteiger partial charge in [-0.2, -0.15) is 5.26 Å². The SMILES string of the molecule is N#CC1(CNc2ccccc2)COC1. The van der Waals surface area contributed by atoms with E-state index in [0.29, 0.717) is 19.8 Å².